The van der Waals surface area contributed by atoms with E-state index in [9.17, 15) is 14.4 Å². The second-order valence-corrected chi connectivity index (χ2v) is 5.43. The Balaban J connectivity index is 2.16. The SMILES string of the molecule is COC1=CC(=O)c2c(c(COC(N)=O)c(C3CC3)n2C)C1=O. The van der Waals surface area contributed by atoms with Gasteiger partial charge in [-0.25, -0.2) is 4.79 Å². The molecule has 0 spiro atoms. The number of hydrogen-bond donors (Lipinski definition) is 1. The molecule has 22 heavy (non-hydrogen) atoms. The topological polar surface area (TPSA) is 101 Å². The largest absolute Gasteiger partial charge is 0.492 e. The first-order chi connectivity index (χ1) is 10.5. The van der Waals surface area contributed by atoms with Crippen molar-refractivity contribution in [3.63, 3.8) is 0 Å². The number of amides is 1. The molecule has 1 saturated carbocycles. The quantitative estimate of drug-likeness (QED) is 0.906. The third-order valence-electron chi connectivity index (χ3n) is 4.03. The van der Waals surface area contributed by atoms with Crippen LogP contribution in [-0.4, -0.2) is 29.3 Å². The van der Waals surface area contributed by atoms with Gasteiger partial charge in [0.05, 0.1) is 12.7 Å². The zero-order valence-electron chi connectivity index (χ0n) is 12.3. The molecule has 0 atom stereocenters. The van der Waals surface area contributed by atoms with Gasteiger partial charge in [-0.05, 0) is 18.8 Å². The molecule has 7 nitrogen and oxygen atoms in total. The first kappa shape index (κ1) is 14.4. The van der Waals surface area contributed by atoms with E-state index in [2.05, 4.69) is 0 Å². The second-order valence-electron chi connectivity index (χ2n) is 5.43. The number of methoxy groups -OCH3 is 1. The Morgan fingerprint density at radius 1 is 1.41 bits per heavy atom. The fourth-order valence-corrected chi connectivity index (χ4v) is 2.99. The van der Waals surface area contributed by atoms with Crippen molar-refractivity contribution in [1.29, 1.82) is 0 Å². The molecule has 1 aromatic heterocycles. The molecule has 0 saturated heterocycles. The van der Waals surface area contributed by atoms with E-state index in [0.29, 0.717) is 11.3 Å². The lowest BCUT2D eigenvalue weighted by molar-refractivity contribution is 0.0910. The molecule has 1 aromatic rings. The summed E-state index contributed by atoms with van der Waals surface area (Å²) in [4.78, 5) is 35.8. The maximum absolute atomic E-state index is 12.5. The molecule has 2 aliphatic carbocycles. The number of primary amides is 1. The maximum Gasteiger partial charge on any atom is 0.404 e. The molecular weight excluding hydrogens is 288 g/mol. The van der Waals surface area contributed by atoms with Gasteiger partial charge in [-0.1, -0.05) is 0 Å². The smallest absolute Gasteiger partial charge is 0.404 e. The summed E-state index contributed by atoms with van der Waals surface area (Å²) >= 11 is 0. The highest BCUT2D eigenvalue weighted by Crippen LogP contribution is 2.45. The van der Waals surface area contributed by atoms with Crippen molar-refractivity contribution in [2.24, 2.45) is 12.8 Å². The molecule has 0 bridgehead atoms. The molecule has 1 heterocycles. The first-order valence-electron chi connectivity index (χ1n) is 6.94. The molecule has 2 N–H and O–H groups in total. The molecule has 3 rings (SSSR count). The fraction of sp³-hybridized carbons (Fsp3) is 0.400. The fourth-order valence-electron chi connectivity index (χ4n) is 2.99. The van der Waals surface area contributed by atoms with Gasteiger partial charge in [-0.2, -0.15) is 0 Å². The highest BCUT2D eigenvalue weighted by Gasteiger charge is 2.39. The lowest BCUT2D eigenvalue weighted by Crippen LogP contribution is -2.20. The zero-order chi connectivity index (χ0) is 16.0. The predicted octanol–water partition coefficient (Wildman–Crippen LogP) is 1.41. The molecule has 0 aromatic carbocycles. The van der Waals surface area contributed by atoms with E-state index in [4.69, 9.17) is 15.2 Å². The zero-order valence-corrected chi connectivity index (χ0v) is 12.3. The van der Waals surface area contributed by atoms with Crippen LogP contribution in [0.25, 0.3) is 0 Å². The molecular formula is C15H16N2O5. The number of Topliss-reactive ketones (excluding diaryl/α,β-unsaturated/α-hetero) is 1. The minimum absolute atomic E-state index is 0.00854. The highest BCUT2D eigenvalue weighted by atomic mass is 16.5. The summed E-state index contributed by atoms with van der Waals surface area (Å²) in [7, 11) is 3.09. The summed E-state index contributed by atoms with van der Waals surface area (Å²) in [5.74, 6) is -0.400. The van der Waals surface area contributed by atoms with Crippen LogP contribution in [0.4, 0.5) is 4.79 Å². The molecule has 7 heteroatoms. The number of nitrogens with two attached hydrogens (primary N) is 1. The Morgan fingerprint density at radius 2 is 2.09 bits per heavy atom. The summed E-state index contributed by atoms with van der Waals surface area (Å²) in [5.41, 5.74) is 7.01. The molecule has 0 radical (unpaired) electrons. The number of carbonyl (C=O) groups excluding carboxylic acids is 3. The third-order valence-corrected chi connectivity index (χ3v) is 4.03. The number of allylic oxidation sites excluding steroid dienone is 2. The van der Waals surface area contributed by atoms with Gasteiger partial charge in [-0.15, -0.1) is 0 Å². The Bertz CT molecular complexity index is 725. The maximum atomic E-state index is 12.5. The second kappa shape index (κ2) is 5.01. The average Bonchev–Trinajstić information content (AvgIpc) is 3.25. The average molecular weight is 304 g/mol. The van der Waals surface area contributed by atoms with Gasteiger partial charge >= 0.3 is 6.09 Å². The molecule has 2 aliphatic rings. The van der Waals surface area contributed by atoms with Crippen molar-refractivity contribution in [1.82, 2.24) is 4.57 Å². The Hall–Kier alpha value is -2.57. The number of ether oxygens (including phenoxy) is 2. The monoisotopic (exact) mass is 304 g/mol. The van der Waals surface area contributed by atoms with Crippen LogP contribution in [-0.2, 0) is 23.1 Å². The molecule has 1 fully saturated rings. The lowest BCUT2D eigenvalue weighted by Gasteiger charge is -2.13. The predicted molar refractivity (Wildman–Crippen MR) is 75.5 cm³/mol. The van der Waals surface area contributed by atoms with E-state index in [1.807, 2.05) is 0 Å². The van der Waals surface area contributed by atoms with Crippen molar-refractivity contribution in [3.8, 4) is 0 Å². The number of nitrogens with zero attached hydrogens (tertiary/aromatic N) is 1. The van der Waals surface area contributed by atoms with Crippen LogP contribution in [0.3, 0.4) is 0 Å². The summed E-state index contributed by atoms with van der Waals surface area (Å²) in [5, 5.41) is 0. The van der Waals surface area contributed by atoms with E-state index in [1.165, 1.54) is 13.2 Å². The van der Waals surface area contributed by atoms with Gasteiger partial charge < -0.3 is 19.8 Å². The van der Waals surface area contributed by atoms with Crippen molar-refractivity contribution >= 4 is 17.7 Å². The molecule has 0 unspecified atom stereocenters. The summed E-state index contributed by atoms with van der Waals surface area (Å²) < 4.78 is 11.6. The van der Waals surface area contributed by atoms with Gasteiger partial charge in [-0.3, -0.25) is 9.59 Å². The minimum atomic E-state index is -0.920. The van der Waals surface area contributed by atoms with Crippen LogP contribution in [0.2, 0.25) is 0 Å². The van der Waals surface area contributed by atoms with Gasteiger partial charge in [0.2, 0.25) is 11.6 Å². The molecule has 116 valence electrons. The normalized spacial score (nSPS) is 17.1. The third kappa shape index (κ3) is 2.09. The molecule has 0 aliphatic heterocycles. The van der Waals surface area contributed by atoms with E-state index in [0.717, 1.165) is 18.5 Å². The number of aromatic nitrogens is 1. The van der Waals surface area contributed by atoms with E-state index in [-0.39, 0.29) is 35.4 Å². The van der Waals surface area contributed by atoms with Crippen molar-refractivity contribution in [2.75, 3.05) is 7.11 Å². The summed E-state index contributed by atoms with van der Waals surface area (Å²) in [6.07, 6.45) is 2.23. The highest BCUT2D eigenvalue weighted by molar-refractivity contribution is 6.24. The van der Waals surface area contributed by atoms with Crippen LogP contribution in [0, 0.1) is 0 Å². The Labute approximate surface area is 126 Å². The van der Waals surface area contributed by atoms with Crippen LogP contribution in [0.5, 0.6) is 0 Å². The van der Waals surface area contributed by atoms with Gasteiger partial charge in [0, 0.05) is 24.4 Å². The van der Waals surface area contributed by atoms with Gasteiger partial charge in [0.25, 0.3) is 0 Å². The van der Waals surface area contributed by atoms with Crippen LogP contribution in [0.15, 0.2) is 11.8 Å². The first-order valence-corrected chi connectivity index (χ1v) is 6.94. The van der Waals surface area contributed by atoms with Crippen LogP contribution < -0.4 is 5.73 Å². The summed E-state index contributed by atoms with van der Waals surface area (Å²) in [6, 6.07) is 0. The summed E-state index contributed by atoms with van der Waals surface area (Å²) in [6.45, 7) is -0.125. The Morgan fingerprint density at radius 3 is 2.64 bits per heavy atom. The van der Waals surface area contributed by atoms with E-state index >= 15 is 0 Å². The minimum Gasteiger partial charge on any atom is -0.492 e. The van der Waals surface area contributed by atoms with Crippen molar-refractivity contribution in [3.05, 3.63) is 34.3 Å². The number of fused-ring (bicyclic) bond motifs is 1. The number of ketones is 2. The van der Waals surface area contributed by atoms with Crippen molar-refractivity contribution < 1.29 is 23.9 Å². The number of rotatable bonds is 4. The number of hydrogen-bond acceptors (Lipinski definition) is 5. The van der Waals surface area contributed by atoms with Gasteiger partial charge in [0.15, 0.2) is 5.76 Å². The van der Waals surface area contributed by atoms with E-state index in [1.54, 1.807) is 11.6 Å². The molecule has 1 amide bonds. The van der Waals surface area contributed by atoms with Crippen molar-refractivity contribution in [2.45, 2.75) is 25.4 Å². The van der Waals surface area contributed by atoms with E-state index < -0.39 is 6.09 Å². The Kier molecular flexibility index (Phi) is 3.27. The van der Waals surface area contributed by atoms with Gasteiger partial charge in [0.1, 0.15) is 12.3 Å². The van der Waals surface area contributed by atoms with Crippen LogP contribution in [0.1, 0.15) is 50.9 Å². The number of carbonyl (C=O) groups is 3. The van der Waals surface area contributed by atoms with Crippen LogP contribution >= 0.6 is 0 Å². The lowest BCUT2D eigenvalue weighted by atomic mass is 9.95. The standard InChI is InChI=1S/C15H16N2O5/c1-17-12(7-3-4-7)8(6-22-15(16)20)11-13(17)9(18)5-10(21-2)14(11)19/h5,7H,3-4,6H2,1-2H3,(H2,16,20).